The minimum absolute atomic E-state index is 0.0516. The molecule has 3 heterocycles. The Balaban J connectivity index is 1.35. The number of carbonyl (C=O) groups excluding carboxylic acids is 3. The summed E-state index contributed by atoms with van der Waals surface area (Å²) in [4.78, 5) is 42.2. The molecule has 4 rings (SSSR count). The number of sulfonamides is 1. The number of imide groups is 2. The zero-order chi connectivity index (χ0) is 22.9. The van der Waals surface area contributed by atoms with Gasteiger partial charge in [0.15, 0.2) is 0 Å². The van der Waals surface area contributed by atoms with Gasteiger partial charge in [0.05, 0.1) is 11.6 Å². The van der Waals surface area contributed by atoms with Gasteiger partial charge in [-0.2, -0.15) is 4.31 Å². The van der Waals surface area contributed by atoms with Crippen LogP contribution in [0.15, 0.2) is 46.7 Å². The van der Waals surface area contributed by atoms with Crippen LogP contribution in [0.1, 0.15) is 4.88 Å². The summed E-state index contributed by atoms with van der Waals surface area (Å²) in [5.41, 5.74) is 0. The van der Waals surface area contributed by atoms with E-state index in [9.17, 15) is 22.8 Å². The Hall–Kier alpha value is -2.31. The Bertz CT molecular complexity index is 1130. The third-order valence-electron chi connectivity index (χ3n) is 5.40. The number of benzene rings is 1. The molecule has 2 fully saturated rings. The van der Waals surface area contributed by atoms with Crippen molar-refractivity contribution in [2.24, 2.45) is 0 Å². The zero-order valence-corrected chi connectivity index (χ0v) is 19.4. The molecule has 0 N–H and O–H groups in total. The van der Waals surface area contributed by atoms with Gasteiger partial charge in [-0.05, 0) is 29.6 Å². The van der Waals surface area contributed by atoms with E-state index in [1.165, 1.54) is 27.8 Å². The van der Waals surface area contributed by atoms with Crippen molar-refractivity contribution in [3.8, 4) is 0 Å². The third-order valence-corrected chi connectivity index (χ3v) is 8.47. The van der Waals surface area contributed by atoms with Crippen molar-refractivity contribution in [3.63, 3.8) is 0 Å². The van der Waals surface area contributed by atoms with Crippen LogP contribution in [0, 0.1) is 0 Å². The molecule has 2 saturated heterocycles. The van der Waals surface area contributed by atoms with Gasteiger partial charge in [0.25, 0.3) is 0 Å². The summed E-state index contributed by atoms with van der Waals surface area (Å²) in [6.45, 7) is 1.12. The highest BCUT2D eigenvalue weighted by Gasteiger charge is 2.45. The first kappa shape index (κ1) is 22.9. The number of rotatable bonds is 7. The van der Waals surface area contributed by atoms with Crippen molar-refractivity contribution in [2.75, 3.05) is 39.4 Å². The number of amides is 4. The average molecular weight is 497 g/mol. The summed E-state index contributed by atoms with van der Waals surface area (Å²) in [5, 5.41) is 2.25. The Morgan fingerprint density at radius 1 is 0.938 bits per heavy atom. The number of piperazine rings is 1. The normalized spacial score (nSPS) is 18.7. The zero-order valence-electron chi connectivity index (χ0n) is 17.0. The molecule has 2 aromatic rings. The van der Waals surface area contributed by atoms with Crippen LogP contribution in [0.4, 0.5) is 4.79 Å². The standard InChI is InChI=1S/C20H21ClN4O5S2/c21-15-3-1-5-17(13-15)32(29,30)23-10-8-22(9-11-23)14-25-19(27)18(26)24(20(25)28)7-6-16-4-2-12-31-16/h1-5,12-13H,6-11,14H2. The van der Waals surface area contributed by atoms with Crippen molar-refractivity contribution in [1.29, 1.82) is 0 Å². The highest BCUT2D eigenvalue weighted by molar-refractivity contribution is 7.89. The number of nitrogens with zero attached hydrogens (tertiary/aromatic N) is 4. The number of halogens is 1. The van der Waals surface area contributed by atoms with E-state index in [2.05, 4.69) is 0 Å². The van der Waals surface area contributed by atoms with Crippen molar-refractivity contribution in [2.45, 2.75) is 11.3 Å². The van der Waals surface area contributed by atoms with Gasteiger partial charge in [-0.15, -0.1) is 11.3 Å². The van der Waals surface area contributed by atoms with Crippen LogP contribution in [-0.2, 0) is 26.0 Å². The minimum atomic E-state index is -3.69. The van der Waals surface area contributed by atoms with Crippen molar-refractivity contribution >= 4 is 50.8 Å². The molecule has 9 nitrogen and oxygen atoms in total. The molecule has 1 aromatic heterocycles. The second-order valence-corrected chi connectivity index (χ2v) is 10.8. The van der Waals surface area contributed by atoms with E-state index in [0.29, 0.717) is 24.5 Å². The molecule has 0 aliphatic carbocycles. The van der Waals surface area contributed by atoms with E-state index >= 15 is 0 Å². The predicted octanol–water partition coefficient (Wildman–Crippen LogP) is 1.70. The molecular formula is C20H21ClN4O5S2. The van der Waals surface area contributed by atoms with Gasteiger partial charge in [-0.1, -0.05) is 23.7 Å². The number of hydrogen-bond donors (Lipinski definition) is 0. The van der Waals surface area contributed by atoms with Crippen LogP contribution in [0.2, 0.25) is 5.02 Å². The monoisotopic (exact) mass is 496 g/mol. The number of thiophene rings is 1. The number of carbonyl (C=O) groups is 3. The highest BCUT2D eigenvalue weighted by Crippen LogP contribution is 2.22. The molecule has 2 aliphatic rings. The molecule has 0 unspecified atom stereocenters. The Morgan fingerprint density at radius 2 is 1.66 bits per heavy atom. The van der Waals surface area contributed by atoms with Crippen LogP contribution in [0.5, 0.6) is 0 Å². The maximum Gasteiger partial charge on any atom is 0.335 e. The second-order valence-electron chi connectivity index (χ2n) is 7.42. The van der Waals surface area contributed by atoms with Crippen molar-refractivity contribution in [3.05, 3.63) is 51.7 Å². The topological polar surface area (TPSA) is 98.3 Å². The second kappa shape index (κ2) is 9.28. The smallest absolute Gasteiger partial charge is 0.283 e. The molecule has 0 saturated carbocycles. The molecule has 0 bridgehead atoms. The highest BCUT2D eigenvalue weighted by atomic mass is 35.5. The number of hydrogen-bond acceptors (Lipinski definition) is 7. The lowest BCUT2D eigenvalue weighted by Crippen LogP contribution is -2.52. The van der Waals surface area contributed by atoms with E-state index in [1.54, 1.807) is 17.0 Å². The lowest BCUT2D eigenvalue weighted by atomic mass is 10.3. The first-order valence-electron chi connectivity index (χ1n) is 9.95. The van der Waals surface area contributed by atoms with E-state index in [1.807, 2.05) is 17.5 Å². The predicted molar refractivity (Wildman–Crippen MR) is 119 cm³/mol. The van der Waals surface area contributed by atoms with E-state index < -0.39 is 27.9 Å². The van der Waals surface area contributed by atoms with E-state index in [-0.39, 0.29) is 31.2 Å². The maximum absolute atomic E-state index is 12.8. The first-order chi connectivity index (χ1) is 15.3. The summed E-state index contributed by atoms with van der Waals surface area (Å²) in [6.07, 6.45) is 0.496. The number of urea groups is 1. The van der Waals surface area contributed by atoms with Gasteiger partial charge < -0.3 is 0 Å². The molecule has 2 aliphatic heterocycles. The quantitative estimate of drug-likeness (QED) is 0.427. The Morgan fingerprint density at radius 3 is 2.31 bits per heavy atom. The third kappa shape index (κ3) is 4.57. The van der Waals surface area contributed by atoms with Crippen molar-refractivity contribution < 1.29 is 22.8 Å². The maximum atomic E-state index is 12.8. The molecule has 170 valence electrons. The molecule has 12 heteroatoms. The van der Waals surface area contributed by atoms with Crippen molar-refractivity contribution in [1.82, 2.24) is 19.0 Å². The van der Waals surface area contributed by atoms with Crippen LogP contribution in [0.3, 0.4) is 0 Å². The molecular weight excluding hydrogens is 476 g/mol. The molecule has 0 atom stereocenters. The van der Waals surface area contributed by atoms with Gasteiger partial charge in [0, 0.05) is 49.0 Å². The Labute approximate surface area is 194 Å². The van der Waals surface area contributed by atoms with E-state index in [0.717, 1.165) is 14.7 Å². The lowest BCUT2D eigenvalue weighted by Gasteiger charge is -2.35. The molecule has 0 radical (unpaired) electrons. The van der Waals surface area contributed by atoms with Crippen LogP contribution in [0.25, 0.3) is 0 Å². The Kier molecular flexibility index (Phi) is 6.63. The first-order valence-corrected chi connectivity index (χ1v) is 12.6. The fourth-order valence-electron chi connectivity index (χ4n) is 3.64. The SMILES string of the molecule is O=C1C(=O)N(CN2CCN(S(=O)(=O)c3cccc(Cl)c3)CC2)C(=O)N1CCc1cccs1. The fourth-order valence-corrected chi connectivity index (χ4v) is 6.06. The van der Waals surface area contributed by atoms with Gasteiger partial charge in [0.1, 0.15) is 0 Å². The summed E-state index contributed by atoms with van der Waals surface area (Å²) in [7, 11) is -3.69. The van der Waals surface area contributed by atoms with Crippen LogP contribution >= 0.6 is 22.9 Å². The fraction of sp³-hybridized carbons (Fsp3) is 0.350. The average Bonchev–Trinajstić information content (AvgIpc) is 3.36. The lowest BCUT2D eigenvalue weighted by molar-refractivity contribution is -0.144. The summed E-state index contributed by atoms with van der Waals surface area (Å²) in [6, 6.07) is 9.24. The van der Waals surface area contributed by atoms with Gasteiger partial charge in [-0.25, -0.2) is 18.1 Å². The summed E-state index contributed by atoms with van der Waals surface area (Å²) < 4.78 is 27.0. The van der Waals surface area contributed by atoms with E-state index in [4.69, 9.17) is 11.6 Å². The molecule has 32 heavy (non-hydrogen) atoms. The van der Waals surface area contributed by atoms with Crippen LogP contribution < -0.4 is 0 Å². The minimum Gasteiger partial charge on any atom is -0.283 e. The molecule has 0 spiro atoms. The summed E-state index contributed by atoms with van der Waals surface area (Å²) >= 11 is 7.44. The van der Waals surface area contributed by atoms with Crippen LogP contribution in [-0.4, -0.2) is 84.7 Å². The van der Waals surface area contributed by atoms with Gasteiger partial charge in [-0.3, -0.25) is 19.4 Å². The largest absolute Gasteiger partial charge is 0.335 e. The molecule has 1 aromatic carbocycles. The molecule has 4 amide bonds. The van der Waals surface area contributed by atoms with Gasteiger partial charge >= 0.3 is 17.8 Å². The summed E-state index contributed by atoms with van der Waals surface area (Å²) in [5.74, 6) is -1.68. The van der Waals surface area contributed by atoms with Gasteiger partial charge in [0.2, 0.25) is 10.0 Å².